The summed E-state index contributed by atoms with van der Waals surface area (Å²) in [6, 6.07) is 11.8. The molecule has 0 aliphatic carbocycles. The highest BCUT2D eigenvalue weighted by molar-refractivity contribution is 6.30. The number of ketones is 1. The van der Waals surface area contributed by atoms with Crippen LogP contribution in [0.5, 0.6) is 0 Å². The van der Waals surface area contributed by atoms with Crippen LogP contribution in [0.15, 0.2) is 82.7 Å². The molecule has 0 spiro atoms. The maximum atomic E-state index is 13.2. The summed E-state index contributed by atoms with van der Waals surface area (Å²) in [4.78, 5) is 26.9. The monoisotopic (exact) mass is 447 g/mol. The smallest absolute Gasteiger partial charge is 0.416 e. The van der Waals surface area contributed by atoms with Crippen LogP contribution in [0.25, 0.3) is 0 Å². The molecule has 1 N–H and O–H groups in total. The number of rotatable bonds is 4. The Kier molecular flexibility index (Phi) is 5.10. The van der Waals surface area contributed by atoms with Crippen molar-refractivity contribution in [1.29, 1.82) is 0 Å². The fourth-order valence-electron chi connectivity index (χ4n) is 3.44. The van der Waals surface area contributed by atoms with Crippen LogP contribution in [-0.2, 0) is 11.0 Å². The summed E-state index contributed by atoms with van der Waals surface area (Å²) in [5.74, 6) is -2.75. The van der Waals surface area contributed by atoms with Crippen molar-refractivity contribution in [3.63, 3.8) is 0 Å². The van der Waals surface area contributed by atoms with Crippen molar-refractivity contribution in [2.75, 3.05) is 4.90 Å². The van der Waals surface area contributed by atoms with E-state index in [2.05, 4.69) is 0 Å². The lowest BCUT2D eigenvalue weighted by Gasteiger charge is -2.27. The largest absolute Gasteiger partial charge is 0.503 e. The Labute approximate surface area is 179 Å². The first-order valence-electron chi connectivity index (χ1n) is 8.96. The number of halogens is 4. The molecule has 5 nitrogen and oxygen atoms in total. The molecule has 9 heteroatoms. The Hall–Kier alpha value is -3.52. The normalized spacial score (nSPS) is 16.8. The van der Waals surface area contributed by atoms with Crippen LogP contribution in [0.4, 0.5) is 18.9 Å². The van der Waals surface area contributed by atoms with Crippen LogP contribution in [0, 0.1) is 0 Å². The predicted molar refractivity (Wildman–Crippen MR) is 106 cm³/mol. The third-order valence-electron chi connectivity index (χ3n) is 4.84. The number of aliphatic hydroxyl groups is 1. The summed E-state index contributed by atoms with van der Waals surface area (Å²) in [5, 5.41) is 10.9. The second-order valence-electron chi connectivity index (χ2n) is 6.75. The number of alkyl halides is 3. The Morgan fingerprint density at radius 1 is 1.06 bits per heavy atom. The number of aliphatic hydroxyl groups excluding tert-OH is 1. The van der Waals surface area contributed by atoms with Crippen LogP contribution in [-0.4, -0.2) is 16.8 Å². The minimum atomic E-state index is -4.64. The number of hydrogen-bond acceptors (Lipinski definition) is 4. The van der Waals surface area contributed by atoms with Crippen molar-refractivity contribution in [2.45, 2.75) is 12.2 Å². The van der Waals surface area contributed by atoms with Crippen molar-refractivity contribution < 1.29 is 32.3 Å². The Bertz CT molecular complexity index is 1180. The molecule has 0 fully saturated rings. The summed E-state index contributed by atoms with van der Waals surface area (Å²) in [7, 11) is 0. The minimum Gasteiger partial charge on any atom is -0.503 e. The number of nitrogens with zero attached hydrogens (tertiary/aromatic N) is 1. The number of hydrogen-bond donors (Lipinski definition) is 1. The molecule has 4 rings (SSSR count). The molecule has 0 radical (unpaired) electrons. The van der Waals surface area contributed by atoms with Gasteiger partial charge in [0.05, 0.1) is 23.4 Å². The van der Waals surface area contributed by atoms with Gasteiger partial charge < -0.3 is 9.52 Å². The summed E-state index contributed by atoms with van der Waals surface area (Å²) >= 11 is 5.93. The lowest BCUT2D eigenvalue weighted by Crippen LogP contribution is -2.31. The number of Topliss-reactive ketones (excluding diaryl/α,β-unsaturated/α-hetero) is 1. The van der Waals surface area contributed by atoms with E-state index in [0.717, 1.165) is 23.1 Å². The number of carbonyl (C=O) groups excluding carboxylic acids is 2. The van der Waals surface area contributed by atoms with E-state index in [-0.39, 0.29) is 17.0 Å². The fraction of sp³-hybridized carbons (Fsp3) is 0.0909. The number of furan rings is 1. The SMILES string of the molecule is O=C(C1=C(O)C(=O)N(c2cccc(C(F)(F)F)c2)C1c1ccc(Cl)cc1)c1ccco1. The summed E-state index contributed by atoms with van der Waals surface area (Å²) < 4.78 is 44.8. The molecule has 0 saturated carbocycles. The molecule has 1 aromatic heterocycles. The molecular formula is C22H13ClF3NO4. The van der Waals surface area contributed by atoms with Gasteiger partial charge in [-0.1, -0.05) is 29.8 Å². The zero-order chi connectivity index (χ0) is 22.3. The van der Waals surface area contributed by atoms with Crippen LogP contribution >= 0.6 is 11.6 Å². The first-order chi connectivity index (χ1) is 14.7. The maximum absolute atomic E-state index is 13.2. The molecule has 1 atom stereocenters. The first-order valence-corrected chi connectivity index (χ1v) is 9.34. The third-order valence-corrected chi connectivity index (χ3v) is 5.09. The van der Waals surface area contributed by atoms with Crippen LogP contribution in [0.2, 0.25) is 5.02 Å². The van der Waals surface area contributed by atoms with Crippen LogP contribution in [0.3, 0.4) is 0 Å². The summed E-state index contributed by atoms with van der Waals surface area (Å²) in [6.07, 6.45) is -3.39. The maximum Gasteiger partial charge on any atom is 0.416 e. The molecule has 31 heavy (non-hydrogen) atoms. The second-order valence-corrected chi connectivity index (χ2v) is 7.18. The van der Waals surface area contributed by atoms with Crippen molar-refractivity contribution in [3.8, 4) is 0 Å². The van der Waals surface area contributed by atoms with Gasteiger partial charge in [0.1, 0.15) is 0 Å². The highest BCUT2D eigenvalue weighted by Gasteiger charge is 2.45. The molecule has 1 aliphatic rings. The van der Waals surface area contributed by atoms with E-state index >= 15 is 0 Å². The van der Waals surface area contributed by atoms with Gasteiger partial charge in [-0.3, -0.25) is 14.5 Å². The summed E-state index contributed by atoms with van der Waals surface area (Å²) in [5.41, 5.74) is -1.04. The predicted octanol–water partition coefficient (Wildman–Crippen LogP) is 5.73. The van der Waals surface area contributed by atoms with Gasteiger partial charge in [-0.2, -0.15) is 13.2 Å². The molecular weight excluding hydrogens is 435 g/mol. The number of anilines is 1. The molecule has 158 valence electrons. The van der Waals surface area contributed by atoms with E-state index in [4.69, 9.17) is 16.0 Å². The Morgan fingerprint density at radius 3 is 2.39 bits per heavy atom. The fourth-order valence-corrected chi connectivity index (χ4v) is 3.56. The summed E-state index contributed by atoms with van der Waals surface area (Å²) in [6.45, 7) is 0. The highest BCUT2D eigenvalue weighted by atomic mass is 35.5. The minimum absolute atomic E-state index is 0.126. The van der Waals surface area contributed by atoms with Gasteiger partial charge in [0.2, 0.25) is 5.78 Å². The Balaban J connectivity index is 1.88. The number of carbonyl (C=O) groups is 2. The number of amides is 1. The second kappa shape index (κ2) is 7.63. The van der Waals surface area contributed by atoms with E-state index in [9.17, 15) is 27.9 Å². The van der Waals surface area contributed by atoms with E-state index in [1.165, 1.54) is 48.7 Å². The lowest BCUT2D eigenvalue weighted by molar-refractivity contribution is -0.137. The third kappa shape index (κ3) is 3.70. The molecule has 2 aromatic carbocycles. The molecule has 1 unspecified atom stereocenters. The van der Waals surface area contributed by atoms with Crippen LogP contribution in [0.1, 0.15) is 27.7 Å². The quantitative estimate of drug-likeness (QED) is 0.518. The van der Waals surface area contributed by atoms with E-state index in [1.807, 2.05) is 0 Å². The van der Waals surface area contributed by atoms with Gasteiger partial charge in [0, 0.05) is 10.7 Å². The van der Waals surface area contributed by atoms with Gasteiger partial charge in [0.25, 0.3) is 5.91 Å². The first kappa shape index (κ1) is 20.7. The van der Waals surface area contributed by atoms with E-state index < -0.39 is 35.2 Å². The van der Waals surface area contributed by atoms with Crippen molar-refractivity contribution >= 4 is 29.0 Å². The highest BCUT2D eigenvalue weighted by Crippen LogP contribution is 2.43. The van der Waals surface area contributed by atoms with Gasteiger partial charge in [-0.25, -0.2) is 0 Å². The zero-order valence-corrected chi connectivity index (χ0v) is 16.3. The van der Waals surface area contributed by atoms with Gasteiger partial charge >= 0.3 is 6.18 Å². The van der Waals surface area contributed by atoms with E-state index in [0.29, 0.717) is 10.6 Å². The van der Waals surface area contributed by atoms with Crippen molar-refractivity contribution in [1.82, 2.24) is 0 Å². The molecule has 3 aromatic rings. The molecule has 0 saturated heterocycles. The molecule has 2 heterocycles. The van der Waals surface area contributed by atoms with Gasteiger partial charge in [0.15, 0.2) is 11.5 Å². The average molecular weight is 448 g/mol. The van der Waals surface area contributed by atoms with E-state index in [1.54, 1.807) is 0 Å². The number of benzene rings is 2. The van der Waals surface area contributed by atoms with Crippen molar-refractivity contribution in [2.24, 2.45) is 0 Å². The topological polar surface area (TPSA) is 70.8 Å². The average Bonchev–Trinajstić information content (AvgIpc) is 3.35. The molecule has 0 bridgehead atoms. The zero-order valence-electron chi connectivity index (χ0n) is 15.6. The lowest BCUT2D eigenvalue weighted by atomic mass is 9.94. The molecule has 1 aliphatic heterocycles. The van der Waals surface area contributed by atoms with Gasteiger partial charge in [-0.05, 0) is 48.0 Å². The van der Waals surface area contributed by atoms with Gasteiger partial charge in [-0.15, -0.1) is 0 Å². The standard InChI is InChI=1S/C22H13ClF3NO4/c23-14-8-6-12(7-9-14)18-17(19(28)16-5-2-10-31-16)20(29)21(30)27(18)15-4-1-3-13(11-15)22(24,25)26/h1-11,18,29H. The molecule has 1 amide bonds. The Morgan fingerprint density at radius 2 is 1.77 bits per heavy atom. The van der Waals surface area contributed by atoms with Crippen molar-refractivity contribution in [3.05, 3.63) is 100 Å². The van der Waals surface area contributed by atoms with Crippen LogP contribution < -0.4 is 4.90 Å².